The Morgan fingerprint density at radius 2 is 1.82 bits per heavy atom. The molecule has 0 saturated carbocycles. The Hall–Kier alpha value is -0.380. The first-order valence-corrected chi connectivity index (χ1v) is 7.26. The Balaban J connectivity index is 3.01. The molecule has 0 amide bonds. The average molecular weight is 293 g/mol. The quantitative estimate of drug-likeness (QED) is 0.793. The van der Waals surface area contributed by atoms with Crippen LogP contribution in [-0.4, -0.2) is 20.5 Å². The molecule has 17 heavy (non-hydrogen) atoms. The van der Waals surface area contributed by atoms with Crippen molar-refractivity contribution in [3.63, 3.8) is 0 Å². The van der Waals surface area contributed by atoms with Crippen LogP contribution in [0.1, 0.15) is 31.1 Å². The summed E-state index contributed by atoms with van der Waals surface area (Å²) in [4.78, 5) is 12.1. The lowest BCUT2D eigenvalue weighted by atomic mass is 10.1. The van der Waals surface area contributed by atoms with Gasteiger partial charge in [0.15, 0.2) is 5.78 Å². The highest BCUT2D eigenvalue weighted by molar-refractivity contribution is 7.87. The number of rotatable bonds is 4. The summed E-state index contributed by atoms with van der Waals surface area (Å²) in [6.07, 6.45) is 0. The maximum absolute atomic E-state index is 12.1. The molecule has 1 aromatic carbocycles. The van der Waals surface area contributed by atoms with Gasteiger partial charge in [-0.25, -0.2) is 0 Å². The van der Waals surface area contributed by atoms with Crippen molar-refractivity contribution in [2.24, 2.45) is 0 Å². The van der Waals surface area contributed by atoms with E-state index in [0.717, 1.165) is 0 Å². The van der Waals surface area contributed by atoms with Crippen LogP contribution in [0.15, 0.2) is 18.2 Å². The van der Waals surface area contributed by atoms with Crippen molar-refractivity contribution < 1.29 is 9.00 Å². The van der Waals surface area contributed by atoms with Gasteiger partial charge < -0.3 is 0 Å². The normalized spacial score (nSPS) is 14.7. The number of carbonyl (C=O) groups is 1. The highest BCUT2D eigenvalue weighted by atomic mass is 35.5. The molecule has 2 nitrogen and oxygen atoms in total. The molecule has 0 aliphatic heterocycles. The first-order valence-electron chi connectivity index (χ1n) is 5.23. The largest absolute Gasteiger partial charge is 0.293 e. The van der Waals surface area contributed by atoms with Crippen LogP contribution in [0.25, 0.3) is 0 Å². The lowest BCUT2D eigenvalue weighted by Gasteiger charge is -2.14. The van der Waals surface area contributed by atoms with E-state index in [-0.39, 0.29) is 11.0 Å². The van der Waals surface area contributed by atoms with E-state index < -0.39 is 16.0 Å². The lowest BCUT2D eigenvalue weighted by molar-refractivity contribution is 0.0992. The minimum atomic E-state index is -1.20. The second-order valence-electron chi connectivity index (χ2n) is 4.01. The zero-order valence-electron chi connectivity index (χ0n) is 9.87. The Labute approximate surface area is 114 Å². The number of Topliss-reactive ketones (excluding diaryl/α,β-unsaturated/α-hetero) is 1. The zero-order chi connectivity index (χ0) is 13.2. The number of hydrogen-bond acceptors (Lipinski definition) is 2. The number of carbonyl (C=O) groups excluding carboxylic acids is 1. The summed E-state index contributed by atoms with van der Waals surface area (Å²) in [5.74, 6) is -0.210. The molecule has 0 N–H and O–H groups in total. The molecule has 0 saturated heterocycles. The van der Waals surface area contributed by atoms with Gasteiger partial charge in [-0.05, 0) is 25.1 Å². The van der Waals surface area contributed by atoms with E-state index in [0.29, 0.717) is 15.6 Å². The van der Waals surface area contributed by atoms with Gasteiger partial charge in [-0.1, -0.05) is 37.0 Å². The van der Waals surface area contributed by atoms with Crippen LogP contribution < -0.4 is 0 Å². The van der Waals surface area contributed by atoms with E-state index in [1.807, 2.05) is 13.8 Å². The van der Waals surface area contributed by atoms with Crippen molar-refractivity contribution in [3.8, 4) is 0 Å². The standard InChI is InChI=1S/C12H14Cl2O2S/c1-7(2)17(16)8(3)12(15)10-5-4-9(13)6-11(10)14/h4-8H,1-3H3. The van der Waals surface area contributed by atoms with Crippen molar-refractivity contribution in [3.05, 3.63) is 33.8 Å². The van der Waals surface area contributed by atoms with Crippen LogP contribution >= 0.6 is 23.2 Å². The molecule has 0 aliphatic carbocycles. The Morgan fingerprint density at radius 1 is 1.24 bits per heavy atom. The van der Waals surface area contributed by atoms with Crippen molar-refractivity contribution >= 4 is 39.8 Å². The van der Waals surface area contributed by atoms with Gasteiger partial charge in [0.25, 0.3) is 0 Å². The molecule has 1 rings (SSSR count). The van der Waals surface area contributed by atoms with Crippen LogP contribution in [0.2, 0.25) is 10.0 Å². The predicted molar refractivity (Wildman–Crippen MR) is 73.5 cm³/mol. The first kappa shape index (κ1) is 14.7. The second-order valence-corrected chi connectivity index (χ2v) is 7.16. The van der Waals surface area contributed by atoms with Gasteiger partial charge in [-0.15, -0.1) is 0 Å². The smallest absolute Gasteiger partial charge is 0.179 e. The van der Waals surface area contributed by atoms with Gasteiger partial charge in [-0.3, -0.25) is 9.00 Å². The van der Waals surface area contributed by atoms with E-state index in [1.165, 1.54) is 6.07 Å². The summed E-state index contributed by atoms with van der Waals surface area (Å²) in [5, 5.41) is 0.160. The predicted octanol–water partition coefficient (Wildman–Crippen LogP) is 3.72. The zero-order valence-corrected chi connectivity index (χ0v) is 12.2. The highest BCUT2D eigenvalue weighted by Crippen LogP contribution is 2.23. The van der Waals surface area contributed by atoms with Crippen LogP contribution in [0, 0.1) is 0 Å². The average Bonchev–Trinajstić information content (AvgIpc) is 2.26. The summed E-state index contributed by atoms with van der Waals surface area (Å²) in [5.41, 5.74) is 0.373. The number of benzene rings is 1. The van der Waals surface area contributed by atoms with E-state index >= 15 is 0 Å². The van der Waals surface area contributed by atoms with E-state index in [4.69, 9.17) is 23.2 Å². The van der Waals surface area contributed by atoms with Gasteiger partial charge >= 0.3 is 0 Å². The van der Waals surface area contributed by atoms with Crippen LogP contribution in [0.4, 0.5) is 0 Å². The molecule has 0 fully saturated rings. The number of ketones is 1. The SMILES string of the molecule is CC(C)S(=O)C(C)C(=O)c1ccc(Cl)cc1Cl. The summed E-state index contributed by atoms with van der Waals surface area (Å²) >= 11 is 11.7. The van der Waals surface area contributed by atoms with Crippen molar-refractivity contribution in [1.82, 2.24) is 0 Å². The first-order chi connectivity index (χ1) is 7.84. The van der Waals surface area contributed by atoms with Crippen molar-refractivity contribution in [2.75, 3.05) is 0 Å². The van der Waals surface area contributed by atoms with Gasteiger partial charge in [-0.2, -0.15) is 0 Å². The van der Waals surface area contributed by atoms with Crippen LogP contribution in [-0.2, 0) is 10.8 Å². The van der Waals surface area contributed by atoms with Gasteiger partial charge in [0, 0.05) is 26.6 Å². The van der Waals surface area contributed by atoms with E-state index in [1.54, 1.807) is 19.1 Å². The van der Waals surface area contributed by atoms with Crippen LogP contribution in [0.5, 0.6) is 0 Å². The Bertz CT molecular complexity index is 458. The molecular formula is C12H14Cl2O2S. The summed E-state index contributed by atoms with van der Waals surface area (Å²) in [6, 6.07) is 4.69. The Morgan fingerprint density at radius 3 is 2.29 bits per heavy atom. The molecule has 1 aromatic rings. The fraction of sp³-hybridized carbons (Fsp3) is 0.417. The minimum absolute atomic E-state index is 0.0555. The van der Waals surface area contributed by atoms with Gasteiger partial charge in [0.05, 0.1) is 10.3 Å². The molecule has 0 bridgehead atoms. The molecule has 0 aromatic heterocycles. The fourth-order valence-electron chi connectivity index (χ4n) is 1.42. The van der Waals surface area contributed by atoms with Gasteiger partial charge in [0.1, 0.15) is 0 Å². The fourth-order valence-corrected chi connectivity index (χ4v) is 3.08. The van der Waals surface area contributed by atoms with Crippen molar-refractivity contribution in [1.29, 1.82) is 0 Å². The minimum Gasteiger partial charge on any atom is -0.293 e. The van der Waals surface area contributed by atoms with Gasteiger partial charge in [0.2, 0.25) is 0 Å². The maximum atomic E-state index is 12.1. The molecule has 0 aliphatic rings. The van der Waals surface area contributed by atoms with E-state index in [9.17, 15) is 9.00 Å². The molecular weight excluding hydrogens is 279 g/mol. The van der Waals surface area contributed by atoms with E-state index in [2.05, 4.69) is 0 Å². The third kappa shape index (κ3) is 3.54. The monoisotopic (exact) mass is 292 g/mol. The third-order valence-electron chi connectivity index (χ3n) is 2.38. The molecule has 2 atom stereocenters. The third-order valence-corrected chi connectivity index (χ3v) is 4.77. The molecule has 94 valence electrons. The maximum Gasteiger partial charge on any atom is 0.179 e. The Kier molecular flexibility index (Phi) is 5.17. The summed E-state index contributed by atoms with van der Waals surface area (Å²) in [6.45, 7) is 5.30. The molecule has 0 spiro atoms. The molecule has 0 radical (unpaired) electrons. The molecule has 2 unspecified atom stereocenters. The van der Waals surface area contributed by atoms with Crippen LogP contribution in [0.3, 0.4) is 0 Å². The lowest BCUT2D eigenvalue weighted by Crippen LogP contribution is -2.27. The topological polar surface area (TPSA) is 34.1 Å². The highest BCUT2D eigenvalue weighted by Gasteiger charge is 2.24. The number of halogens is 2. The van der Waals surface area contributed by atoms with Crippen molar-refractivity contribution in [2.45, 2.75) is 31.3 Å². The number of hydrogen-bond donors (Lipinski definition) is 0. The molecule has 5 heteroatoms. The second kappa shape index (κ2) is 5.98. The summed E-state index contributed by atoms with van der Waals surface area (Å²) < 4.78 is 11.9. The summed E-state index contributed by atoms with van der Waals surface area (Å²) in [7, 11) is -1.20. The molecule has 0 heterocycles.